The Kier molecular flexibility index (Phi) is 4.05. The summed E-state index contributed by atoms with van der Waals surface area (Å²) in [6.07, 6.45) is 1.49. The molecule has 6 atom stereocenters. The molecule has 0 bridgehead atoms. The van der Waals surface area contributed by atoms with Gasteiger partial charge in [-0.25, -0.2) is 0 Å². The first-order chi connectivity index (χ1) is 8.06. The highest BCUT2D eigenvalue weighted by atomic mass is 16.3. The minimum atomic E-state index is -0.848. The molecule has 100 valence electrons. The molecule has 2 aliphatic heterocycles. The van der Waals surface area contributed by atoms with E-state index in [9.17, 15) is 20.4 Å². The zero-order valence-corrected chi connectivity index (χ0v) is 10.2. The van der Waals surface area contributed by atoms with Crippen molar-refractivity contribution in [1.82, 2.24) is 4.90 Å². The van der Waals surface area contributed by atoms with Crippen LogP contribution in [0.15, 0.2) is 0 Å². The first-order valence-corrected chi connectivity index (χ1v) is 6.48. The number of aliphatic hydroxyl groups excluding tert-OH is 4. The molecule has 4 N–H and O–H groups in total. The maximum atomic E-state index is 9.91. The van der Waals surface area contributed by atoms with E-state index in [4.69, 9.17) is 0 Å². The van der Waals surface area contributed by atoms with Gasteiger partial charge in [0.1, 0.15) is 0 Å². The van der Waals surface area contributed by atoms with E-state index >= 15 is 0 Å². The third-order valence-corrected chi connectivity index (χ3v) is 4.23. The summed E-state index contributed by atoms with van der Waals surface area (Å²) in [4.78, 5) is 2.07. The van der Waals surface area contributed by atoms with E-state index in [-0.39, 0.29) is 30.8 Å². The second-order valence-electron chi connectivity index (χ2n) is 5.40. The molecule has 2 heterocycles. The van der Waals surface area contributed by atoms with Crippen molar-refractivity contribution < 1.29 is 20.4 Å². The second-order valence-corrected chi connectivity index (χ2v) is 5.40. The number of hydrogen-bond acceptors (Lipinski definition) is 5. The standard InChI is InChI=1S/C12H23NO4/c1-7(15)2-3-8-4-5-9-11(16)12(17)10(6-14)13(8)9/h7-12,14-17H,2-6H2,1H3/t7-,8+,9+,10+,11-,12+/m0/s1. The number of rotatable bonds is 4. The van der Waals surface area contributed by atoms with Crippen LogP contribution in [0.5, 0.6) is 0 Å². The number of nitrogens with zero attached hydrogens (tertiary/aromatic N) is 1. The van der Waals surface area contributed by atoms with Crippen LogP contribution in [0, 0.1) is 0 Å². The Labute approximate surface area is 102 Å². The summed E-state index contributed by atoms with van der Waals surface area (Å²) in [5.74, 6) is 0. The largest absolute Gasteiger partial charge is 0.395 e. The van der Waals surface area contributed by atoms with Crippen LogP contribution >= 0.6 is 0 Å². The first kappa shape index (κ1) is 13.2. The average Bonchev–Trinajstić information content (AvgIpc) is 2.79. The van der Waals surface area contributed by atoms with Gasteiger partial charge < -0.3 is 20.4 Å². The lowest BCUT2D eigenvalue weighted by Crippen LogP contribution is -2.43. The first-order valence-electron chi connectivity index (χ1n) is 6.48. The molecule has 0 aliphatic carbocycles. The maximum Gasteiger partial charge on any atom is 0.0991 e. The van der Waals surface area contributed by atoms with Gasteiger partial charge in [0.15, 0.2) is 0 Å². The molecule has 0 radical (unpaired) electrons. The van der Waals surface area contributed by atoms with Crippen molar-refractivity contribution >= 4 is 0 Å². The molecule has 5 heteroatoms. The minimum Gasteiger partial charge on any atom is -0.395 e. The van der Waals surface area contributed by atoms with Crippen molar-refractivity contribution in [2.24, 2.45) is 0 Å². The van der Waals surface area contributed by atoms with Gasteiger partial charge in [0.25, 0.3) is 0 Å². The molecule has 0 aromatic carbocycles. The number of aliphatic hydroxyl groups is 4. The monoisotopic (exact) mass is 245 g/mol. The smallest absolute Gasteiger partial charge is 0.0991 e. The van der Waals surface area contributed by atoms with E-state index in [1.165, 1.54) is 0 Å². The van der Waals surface area contributed by atoms with E-state index in [1.807, 2.05) is 0 Å². The molecular weight excluding hydrogens is 222 g/mol. The molecule has 2 saturated heterocycles. The Morgan fingerprint density at radius 2 is 1.94 bits per heavy atom. The van der Waals surface area contributed by atoms with Crippen molar-refractivity contribution in [3.8, 4) is 0 Å². The molecular formula is C12H23NO4. The Balaban J connectivity index is 2.02. The van der Waals surface area contributed by atoms with E-state index in [0.717, 1.165) is 25.7 Å². The van der Waals surface area contributed by atoms with Crippen LogP contribution in [-0.4, -0.2) is 68.4 Å². The van der Waals surface area contributed by atoms with E-state index in [2.05, 4.69) is 4.90 Å². The molecule has 0 amide bonds. The highest BCUT2D eigenvalue weighted by Gasteiger charge is 2.52. The van der Waals surface area contributed by atoms with Gasteiger partial charge in [-0.2, -0.15) is 0 Å². The fourth-order valence-corrected chi connectivity index (χ4v) is 3.36. The Bertz CT molecular complexity index is 259. The van der Waals surface area contributed by atoms with Gasteiger partial charge in [-0.1, -0.05) is 0 Å². The summed E-state index contributed by atoms with van der Waals surface area (Å²) in [7, 11) is 0. The van der Waals surface area contributed by atoms with Crippen LogP contribution in [0.2, 0.25) is 0 Å². The molecule has 0 spiro atoms. The highest BCUT2D eigenvalue weighted by Crippen LogP contribution is 2.38. The average molecular weight is 245 g/mol. The molecule has 2 fully saturated rings. The molecule has 0 saturated carbocycles. The van der Waals surface area contributed by atoms with Crippen LogP contribution in [0.3, 0.4) is 0 Å². The van der Waals surface area contributed by atoms with Crippen LogP contribution in [0.25, 0.3) is 0 Å². The van der Waals surface area contributed by atoms with Gasteiger partial charge in [0.05, 0.1) is 31.0 Å². The molecule has 17 heavy (non-hydrogen) atoms. The predicted octanol–water partition coefficient (Wildman–Crippen LogP) is -0.923. The maximum absolute atomic E-state index is 9.91. The zero-order chi connectivity index (χ0) is 12.6. The lowest BCUT2D eigenvalue weighted by atomic mass is 10.0. The number of fused-ring (bicyclic) bond motifs is 1. The van der Waals surface area contributed by atoms with Crippen LogP contribution in [0.1, 0.15) is 32.6 Å². The minimum absolute atomic E-state index is 0.0267. The predicted molar refractivity (Wildman–Crippen MR) is 62.5 cm³/mol. The summed E-state index contributed by atoms with van der Waals surface area (Å²) in [6, 6.07) is -0.115. The summed E-state index contributed by atoms with van der Waals surface area (Å²) in [5, 5.41) is 38.4. The van der Waals surface area contributed by atoms with Crippen LogP contribution in [-0.2, 0) is 0 Å². The Morgan fingerprint density at radius 1 is 1.24 bits per heavy atom. The fraction of sp³-hybridized carbons (Fsp3) is 1.00. The van der Waals surface area contributed by atoms with Crippen molar-refractivity contribution in [3.05, 3.63) is 0 Å². The molecule has 2 rings (SSSR count). The third-order valence-electron chi connectivity index (χ3n) is 4.23. The van der Waals surface area contributed by atoms with Crippen molar-refractivity contribution in [2.75, 3.05) is 6.61 Å². The Hall–Kier alpha value is -0.200. The summed E-state index contributed by atoms with van der Waals surface area (Å²) >= 11 is 0. The zero-order valence-electron chi connectivity index (χ0n) is 10.2. The highest BCUT2D eigenvalue weighted by molar-refractivity contribution is 5.06. The fourth-order valence-electron chi connectivity index (χ4n) is 3.36. The van der Waals surface area contributed by atoms with E-state index in [1.54, 1.807) is 6.92 Å². The lowest BCUT2D eigenvalue weighted by molar-refractivity contribution is 0.0118. The quantitative estimate of drug-likeness (QED) is 0.515. The van der Waals surface area contributed by atoms with Gasteiger partial charge in [-0.3, -0.25) is 4.90 Å². The van der Waals surface area contributed by atoms with E-state index < -0.39 is 12.2 Å². The summed E-state index contributed by atoms with van der Waals surface area (Å²) < 4.78 is 0. The van der Waals surface area contributed by atoms with E-state index in [0.29, 0.717) is 0 Å². The van der Waals surface area contributed by atoms with Crippen molar-refractivity contribution in [2.45, 2.75) is 69.0 Å². The van der Waals surface area contributed by atoms with Crippen LogP contribution in [0.4, 0.5) is 0 Å². The molecule has 0 aromatic rings. The van der Waals surface area contributed by atoms with Crippen LogP contribution < -0.4 is 0 Å². The van der Waals surface area contributed by atoms with Gasteiger partial charge in [0.2, 0.25) is 0 Å². The second kappa shape index (κ2) is 5.20. The summed E-state index contributed by atoms with van der Waals surface area (Å²) in [6.45, 7) is 1.64. The third kappa shape index (κ3) is 2.35. The molecule has 0 aromatic heterocycles. The van der Waals surface area contributed by atoms with Gasteiger partial charge in [-0.05, 0) is 32.6 Å². The SMILES string of the molecule is C[C@H](O)CC[C@@H]1CC[C@@H]2[C@H](O)[C@H](O)[C@@H](CO)N12. The molecule has 5 nitrogen and oxygen atoms in total. The van der Waals surface area contributed by atoms with Crippen molar-refractivity contribution in [1.29, 1.82) is 0 Å². The van der Waals surface area contributed by atoms with Gasteiger partial charge >= 0.3 is 0 Å². The van der Waals surface area contributed by atoms with Crippen molar-refractivity contribution in [3.63, 3.8) is 0 Å². The van der Waals surface area contributed by atoms with Gasteiger partial charge in [0, 0.05) is 12.1 Å². The Morgan fingerprint density at radius 3 is 2.53 bits per heavy atom. The lowest BCUT2D eigenvalue weighted by Gasteiger charge is -2.30. The molecule has 2 aliphatic rings. The topological polar surface area (TPSA) is 84.2 Å². The normalized spacial score (nSPS) is 43.9. The summed E-state index contributed by atoms with van der Waals surface area (Å²) in [5.41, 5.74) is 0. The number of hydrogen-bond donors (Lipinski definition) is 4. The van der Waals surface area contributed by atoms with Gasteiger partial charge in [-0.15, -0.1) is 0 Å². The molecule has 0 unspecified atom stereocenters.